The summed E-state index contributed by atoms with van der Waals surface area (Å²) >= 11 is 7.91. The van der Waals surface area contributed by atoms with Gasteiger partial charge in [-0.15, -0.1) is 0 Å². The van der Waals surface area contributed by atoms with Crippen molar-refractivity contribution < 1.29 is 4.74 Å². The number of ether oxygens (including phenoxy) is 1. The maximum absolute atomic E-state index is 12.0. The molecule has 0 aromatic carbocycles. The molecule has 0 fully saturated rings. The second-order valence-electron chi connectivity index (χ2n) is 4.10. The highest BCUT2D eigenvalue weighted by Crippen LogP contribution is 2.17. The van der Waals surface area contributed by atoms with Crippen molar-refractivity contribution in [1.82, 2.24) is 9.78 Å². The van der Waals surface area contributed by atoms with Gasteiger partial charge in [-0.3, -0.25) is 4.79 Å². The second-order valence-corrected chi connectivity index (χ2v) is 5.80. The van der Waals surface area contributed by atoms with Crippen LogP contribution in [0.3, 0.4) is 0 Å². The van der Waals surface area contributed by atoms with Crippen LogP contribution in [0.25, 0.3) is 0 Å². The molecule has 1 heterocycles. The molecule has 108 valence electrons. The van der Waals surface area contributed by atoms with Gasteiger partial charge in [0.2, 0.25) is 0 Å². The van der Waals surface area contributed by atoms with Gasteiger partial charge >= 0.3 is 0 Å². The Kier molecular flexibility index (Phi) is 7.27. The maximum Gasteiger partial charge on any atom is 0.287 e. The zero-order chi connectivity index (χ0) is 14.3. The summed E-state index contributed by atoms with van der Waals surface area (Å²) in [5, 5.41) is 7.47. The van der Waals surface area contributed by atoms with Crippen LogP contribution in [0, 0.1) is 0 Å². The number of hydrogen-bond donors (Lipinski definition) is 1. The summed E-state index contributed by atoms with van der Waals surface area (Å²) in [6, 6.07) is 0.235. The Hall–Kier alpha value is -0.720. The number of halogens is 1. The van der Waals surface area contributed by atoms with Gasteiger partial charge in [0.05, 0.1) is 25.0 Å². The van der Waals surface area contributed by atoms with Gasteiger partial charge in [-0.2, -0.15) is 16.9 Å². The first kappa shape index (κ1) is 16.3. The van der Waals surface area contributed by atoms with E-state index in [0.717, 1.165) is 11.5 Å². The summed E-state index contributed by atoms with van der Waals surface area (Å²) in [5.74, 6) is 2.02. The van der Waals surface area contributed by atoms with E-state index >= 15 is 0 Å². The van der Waals surface area contributed by atoms with Crippen molar-refractivity contribution in [3.8, 4) is 0 Å². The molecule has 0 saturated carbocycles. The maximum atomic E-state index is 12.0. The molecule has 1 aromatic heterocycles. The lowest BCUT2D eigenvalue weighted by molar-refractivity contribution is 0.182. The number of nitrogens with zero attached hydrogens (tertiary/aromatic N) is 2. The molecule has 0 spiro atoms. The molecule has 0 aliphatic rings. The number of aromatic nitrogens is 2. The zero-order valence-corrected chi connectivity index (χ0v) is 13.1. The number of rotatable bonds is 8. The van der Waals surface area contributed by atoms with Crippen molar-refractivity contribution in [1.29, 1.82) is 0 Å². The first-order chi connectivity index (χ1) is 9.10. The van der Waals surface area contributed by atoms with Crippen LogP contribution < -0.4 is 10.9 Å². The lowest BCUT2D eigenvalue weighted by atomic mass is 10.3. The molecule has 1 unspecified atom stereocenters. The molecule has 1 aromatic rings. The Labute approximate surface area is 122 Å². The van der Waals surface area contributed by atoms with Gasteiger partial charge in [-0.1, -0.05) is 18.5 Å². The normalized spacial score (nSPS) is 12.4. The molecule has 0 radical (unpaired) electrons. The van der Waals surface area contributed by atoms with Crippen molar-refractivity contribution in [3.05, 3.63) is 21.6 Å². The van der Waals surface area contributed by atoms with E-state index in [4.69, 9.17) is 16.3 Å². The lowest BCUT2D eigenvalue weighted by Gasteiger charge is -2.15. The zero-order valence-electron chi connectivity index (χ0n) is 11.5. The van der Waals surface area contributed by atoms with Crippen LogP contribution in [-0.4, -0.2) is 41.0 Å². The number of nitrogens with one attached hydrogen (secondary N) is 1. The van der Waals surface area contributed by atoms with Gasteiger partial charge in [-0.05, 0) is 12.7 Å². The highest BCUT2D eigenvalue weighted by molar-refractivity contribution is 7.99. The van der Waals surface area contributed by atoms with E-state index in [1.807, 2.05) is 11.8 Å². The van der Waals surface area contributed by atoms with E-state index in [2.05, 4.69) is 24.3 Å². The van der Waals surface area contributed by atoms with Gasteiger partial charge in [0.25, 0.3) is 5.56 Å². The topological polar surface area (TPSA) is 56.1 Å². The van der Waals surface area contributed by atoms with Gasteiger partial charge in [0.1, 0.15) is 5.02 Å². The Morgan fingerprint density at radius 1 is 1.63 bits per heavy atom. The minimum absolute atomic E-state index is 0.180. The monoisotopic (exact) mass is 305 g/mol. The summed E-state index contributed by atoms with van der Waals surface area (Å²) in [6.07, 6.45) is 1.59. The fraction of sp³-hybridized carbons (Fsp3) is 0.667. The largest absolute Gasteiger partial charge is 0.383 e. The summed E-state index contributed by atoms with van der Waals surface area (Å²) in [7, 11) is 1.58. The Morgan fingerprint density at radius 2 is 2.37 bits per heavy atom. The van der Waals surface area contributed by atoms with E-state index in [0.29, 0.717) is 18.8 Å². The van der Waals surface area contributed by atoms with Crippen molar-refractivity contribution in [2.24, 2.45) is 0 Å². The molecule has 5 nitrogen and oxygen atoms in total. The fourth-order valence-electron chi connectivity index (χ4n) is 1.50. The molecule has 0 amide bonds. The van der Waals surface area contributed by atoms with Crippen LogP contribution in [0.5, 0.6) is 0 Å². The molecule has 1 N–H and O–H groups in total. The van der Waals surface area contributed by atoms with Crippen molar-refractivity contribution in [2.75, 3.05) is 30.5 Å². The number of thioether (sulfide) groups is 1. The molecular weight excluding hydrogens is 286 g/mol. The molecule has 1 atom stereocenters. The molecule has 0 saturated heterocycles. The summed E-state index contributed by atoms with van der Waals surface area (Å²) in [5.41, 5.74) is 0.295. The smallest absolute Gasteiger partial charge is 0.287 e. The molecular formula is C12H20ClN3O2S. The van der Waals surface area contributed by atoms with E-state index < -0.39 is 0 Å². The van der Waals surface area contributed by atoms with Crippen LogP contribution in [-0.2, 0) is 11.3 Å². The first-order valence-corrected chi connectivity index (χ1v) is 7.72. The lowest BCUT2D eigenvalue weighted by Crippen LogP contribution is -2.27. The Morgan fingerprint density at radius 3 is 3.00 bits per heavy atom. The summed E-state index contributed by atoms with van der Waals surface area (Å²) < 4.78 is 6.23. The standard InChI is InChI=1S/C12H20ClN3O2S/c1-4-19-8-9(2)15-10-7-14-16(5-6-18-3)12(17)11(10)13/h7,9,15H,4-6,8H2,1-3H3. The van der Waals surface area contributed by atoms with Crippen LogP contribution in [0.2, 0.25) is 5.02 Å². The molecule has 0 aliphatic heterocycles. The molecule has 1 rings (SSSR count). The van der Waals surface area contributed by atoms with Crippen molar-refractivity contribution >= 4 is 29.1 Å². The second kappa shape index (κ2) is 8.45. The average Bonchev–Trinajstić information content (AvgIpc) is 2.41. The van der Waals surface area contributed by atoms with E-state index in [9.17, 15) is 4.79 Å². The molecule has 0 aliphatic carbocycles. The Balaban J connectivity index is 2.75. The minimum Gasteiger partial charge on any atom is -0.383 e. The van der Waals surface area contributed by atoms with Crippen molar-refractivity contribution in [2.45, 2.75) is 26.4 Å². The van der Waals surface area contributed by atoms with E-state index in [-0.39, 0.29) is 16.6 Å². The van der Waals surface area contributed by atoms with Gasteiger partial charge < -0.3 is 10.1 Å². The predicted molar refractivity (Wildman–Crippen MR) is 81.5 cm³/mol. The summed E-state index contributed by atoms with van der Waals surface area (Å²) in [6.45, 7) is 4.99. The molecule has 0 bridgehead atoms. The predicted octanol–water partition coefficient (Wildman–Crippen LogP) is 2.10. The van der Waals surface area contributed by atoms with E-state index in [1.54, 1.807) is 13.3 Å². The highest BCUT2D eigenvalue weighted by atomic mass is 35.5. The average molecular weight is 306 g/mol. The van der Waals surface area contributed by atoms with Crippen molar-refractivity contribution in [3.63, 3.8) is 0 Å². The van der Waals surface area contributed by atoms with Crippen LogP contribution >= 0.6 is 23.4 Å². The summed E-state index contributed by atoms with van der Waals surface area (Å²) in [4.78, 5) is 12.0. The van der Waals surface area contributed by atoms with Gasteiger partial charge in [-0.25, -0.2) is 4.68 Å². The number of methoxy groups -OCH3 is 1. The third-order valence-electron chi connectivity index (χ3n) is 2.47. The first-order valence-electron chi connectivity index (χ1n) is 6.19. The third kappa shape index (κ3) is 5.04. The molecule has 7 heteroatoms. The Bertz CT molecular complexity index is 453. The SMILES string of the molecule is CCSCC(C)Nc1cnn(CCOC)c(=O)c1Cl. The quantitative estimate of drug-likeness (QED) is 0.797. The molecule has 19 heavy (non-hydrogen) atoms. The van der Waals surface area contributed by atoms with Crippen LogP contribution in [0.1, 0.15) is 13.8 Å². The van der Waals surface area contributed by atoms with Crippen LogP contribution in [0.4, 0.5) is 5.69 Å². The number of hydrogen-bond acceptors (Lipinski definition) is 5. The minimum atomic E-state index is -0.293. The van der Waals surface area contributed by atoms with E-state index in [1.165, 1.54) is 4.68 Å². The van der Waals surface area contributed by atoms with Gasteiger partial charge in [0, 0.05) is 18.9 Å². The third-order valence-corrected chi connectivity index (χ3v) is 3.98. The number of anilines is 1. The van der Waals surface area contributed by atoms with Gasteiger partial charge in [0.15, 0.2) is 0 Å². The highest BCUT2D eigenvalue weighted by Gasteiger charge is 2.11. The van der Waals surface area contributed by atoms with Crippen LogP contribution in [0.15, 0.2) is 11.0 Å². The fourth-order valence-corrected chi connectivity index (χ4v) is 2.38.